The highest BCUT2D eigenvalue weighted by Gasteiger charge is 2.06. The fourth-order valence-corrected chi connectivity index (χ4v) is 1.08. The van der Waals surface area contributed by atoms with Crippen LogP contribution in [-0.4, -0.2) is 44.2 Å². The SMILES string of the molecule is C=NC=N/C(=C\C)N(C)C(/C=C\C)=NC=NC. The molecule has 0 spiro atoms. The quantitative estimate of drug-likeness (QED) is 0.530. The summed E-state index contributed by atoms with van der Waals surface area (Å²) in [6.45, 7) is 7.17. The minimum atomic E-state index is 0.735. The van der Waals surface area contributed by atoms with Crippen molar-refractivity contribution >= 4 is 25.2 Å². The molecule has 0 aliphatic heterocycles. The molecule has 0 radical (unpaired) electrons. The summed E-state index contributed by atoms with van der Waals surface area (Å²) in [6.07, 6.45) is 8.54. The van der Waals surface area contributed by atoms with E-state index in [1.165, 1.54) is 12.7 Å². The van der Waals surface area contributed by atoms with Crippen molar-refractivity contribution in [2.24, 2.45) is 20.0 Å². The highest BCUT2D eigenvalue weighted by Crippen LogP contribution is 2.05. The van der Waals surface area contributed by atoms with E-state index >= 15 is 0 Å². The number of aliphatic imine (C=N–C) groups is 4. The molecule has 0 N–H and O–H groups in total. The third-order valence-electron chi connectivity index (χ3n) is 1.84. The molecule has 0 saturated carbocycles. The molecule has 0 aromatic heterocycles. The largest absolute Gasteiger partial charge is 0.314 e. The van der Waals surface area contributed by atoms with Crippen LogP contribution in [0.3, 0.4) is 0 Å². The van der Waals surface area contributed by atoms with Crippen LogP contribution >= 0.6 is 0 Å². The average Bonchev–Trinajstić information content (AvgIpc) is 2.35. The second-order valence-corrected chi connectivity index (χ2v) is 2.99. The van der Waals surface area contributed by atoms with Crippen molar-refractivity contribution in [3.63, 3.8) is 0 Å². The van der Waals surface area contributed by atoms with Crippen molar-refractivity contribution in [2.75, 3.05) is 14.1 Å². The van der Waals surface area contributed by atoms with E-state index in [1.807, 2.05) is 44.0 Å². The van der Waals surface area contributed by atoms with Gasteiger partial charge >= 0.3 is 0 Å². The van der Waals surface area contributed by atoms with Gasteiger partial charge in [-0.15, -0.1) is 0 Å². The first-order valence-electron chi connectivity index (χ1n) is 5.20. The summed E-state index contributed by atoms with van der Waals surface area (Å²) in [5.41, 5.74) is 0. The lowest BCUT2D eigenvalue weighted by Crippen LogP contribution is -2.23. The van der Waals surface area contributed by atoms with E-state index < -0.39 is 0 Å². The van der Waals surface area contributed by atoms with Gasteiger partial charge in [-0.25, -0.2) is 9.98 Å². The maximum absolute atomic E-state index is 4.21. The normalized spacial score (nSPS) is 14.1. The van der Waals surface area contributed by atoms with E-state index in [4.69, 9.17) is 0 Å². The lowest BCUT2D eigenvalue weighted by molar-refractivity contribution is 0.621. The molecule has 0 heterocycles. The van der Waals surface area contributed by atoms with Crippen LogP contribution in [0.15, 0.2) is 44.0 Å². The third-order valence-corrected chi connectivity index (χ3v) is 1.84. The molecule has 0 fully saturated rings. The van der Waals surface area contributed by atoms with Gasteiger partial charge in [0.1, 0.15) is 24.3 Å². The molecule has 0 unspecified atom stereocenters. The van der Waals surface area contributed by atoms with Crippen LogP contribution < -0.4 is 0 Å². The number of amidine groups is 1. The number of rotatable bonds is 5. The molecule has 0 aromatic rings. The number of likely N-dealkylation sites (N-methyl/N-ethyl adjacent to an activating group) is 1. The molecule has 0 aliphatic rings. The van der Waals surface area contributed by atoms with E-state index in [1.54, 1.807) is 7.05 Å². The van der Waals surface area contributed by atoms with Gasteiger partial charge in [0.15, 0.2) is 0 Å². The van der Waals surface area contributed by atoms with Gasteiger partial charge in [-0.05, 0) is 32.7 Å². The predicted molar refractivity (Wildman–Crippen MR) is 76.2 cm³/mol. The molecule has 0 saturated heterocycles. The molecule has 0 atom stereocenters. The second-order valence-electron chi connectivity index (χ2n) is 2.99. The Balaban J connectivity index is 5.12. The first kappa shape index (κ1) is 15.0. The summed E-state index contributed by atoms with van der Waals surface area (Å²) in [4.78, 5) is 17.6. The Morgan fingerprint density at radius 3 is 2.41 bits per heavy atom. The molecule has 0 rings (SSSR count). The Morgan fingerprint density at radius 1 is 1.24 bits per heavy atom. The van der Waals surface area contributed by atoms with Crippen LogP contribution in [0.5, 0.6) is 0 Å². The zero-order valence-electron chi connectivity index (χ0n) is 10.8. The maximum atomic E-state index is 4.21. The number of hydrogen-bond donors (Lipinski definition) is 0. The Morgan fingerprint density at radius 2 is 1.94 bits per heavy atom. The summed E-state index contributed by atoms with van der Waals surface area (Å²) < 4.78 is 0. The molecule has 0 amide bonds. The van der Waals surface area contributed by atoms with Crippen molar-refractivity contribution in [1.29, 1.82) is 0 Å². The molecule has 5 heteroatoms. The molecule has 0 aromatic carbocycles. The minimum Gasteiger partial charge on any atom is -0.314 e. The predicted octanol–water partition coefficient (Wildman–Crippen LogP) is 2.14. The fraction of sp³-hybridized carbons (Fsp3) is 0.333. The van der Waals surface area contributed by atoms with Gasteiger partial charge in [-0.1, -0.05) is 6.08 Å². The monoisotopic (exact) mass is 233 g/mol. The average molecular weight is 233 g/mol. The Bertz CT molecular complexity index is 374. The first-order valence-corrected chi connectivity index (χ1v) is 5.20. The van der Waals surface area contributed by atoms with E-state index in [0.29, 0.717) is 0 Å². The number of allylic oxidation sites excluding steroid dienone is 2. The Kier molecular flexibility index (Phi) is 8.10. The zero-order valence-corrected chi connectivity index (χ0v) is 10.8. The Labute approximate surface area is 103 Å². The van der Waals surface area contributed by atoms with Crippen LogP contribution in [0.4, 0.5) is 0 Å². The van der Waals surface area contributed by atoms with Crippen molar-refractivity contribution in [2.45, 2.75) is 13.8 Å². The summed E-state index contributed by atoms with van der Waals surface area (Å²) in [6, 6.07) is 0. The summed E-state index contributed by atoms with van der Waals surface area (Å²) in [7, 11) is 3.55. The summed E-state index contributed by atoms with van der Waals surface area (Å²) in [5.74, 6) is 1.48. The molecule has 5 nitrogen and oxygen atoms in total. The lowest BCUT2D eigenvalue weighted by atomic mass is 10.4. The van der Waals surface area contributed by atoms with E-state index in [2.05, 4.69) is 26.7 Å². The molecule has 0 bridgehead atoms. The van der Waals surface area contributed by atoms with Crippen LogP contribution in [0.1, 0.15) is 13.8 Å². The van der Waals surface area contributed by atoms with Crippen molar-refractivity contribution in [1.82, 2.24) is 4.90 Å². The van der Waals surface area contributed by atoms with Crippen molar-refractivity contribution in [3.05, 3.63) is 24.0 Å². The van der Waals surface area contributed by atoms with Gasteiger partial charge < -0.3 is 4.90 Å². The van der Waals surface area contributed by atoms with E-state index in [9.17, 15) is 0 Å². The molecular weight excluding hydrogens is 214 g/mol. The van der Waals surface area contributed by atoms with E-state index in [0.717, 1.165) is 11.7 Å². The molecule has 92 valence electrons. The van der Waals surface area contributed by atoms with Crippen LogP contribution in [0, 0.1) is 0 Å². The van der Waals surface area contributed by atoms with Gasteiger partial charge in [0, 0.05) is 14.1 Å². The summed E-state index contributed by atoms with van der Waals surface area (Å²) >= 11 is 0. The van der Waals surface area contributed by atoms with Crippen LogP contribution in [0.2, 0.25) is 0 Å². The smallest absolute Gasteiger partial charge is 0.135 e. The van der Waals surface area contributed by atoms with Crippen LogP contribution in [-0.2, 0) is 0 Å². The maximum Gasteiger partial charge on any atom is 0.135 e. The number of hydrogen-bond acceptors (Lipinski definition) is 2. The lowest BCUT2D eigenvalue weighted by Gasteiger charge is -2.18. The topological polar surface area (TPSA) is 52.7 Å². The highest BCUT2D eigenvalue weighted by molar-refractivity contribution is 5.98. The first-order chi connectivity index (χ1) is 8.21. The van der Waals surface area contributed by atoms with Crippen molar-refractivity contribution < 1.29 is 0 Å². The van der Waals surface area contributed by atoms with Gasteiger partial charge in [0.05, 0.1) is 0 Å². The standard InChI is InChI=1S/C12H19N5/c1-6-8-12(16-10-14-4)17(5)11(7-2)15-9-13-3/h6-10H,3H2,1-2,4-5H3/b8-6-,11-7+,14-10?,15-9?,16-12?. The summed E-state index contributed by atoms with van der Waals surface area (Å²) in [5, 5.41) is 0. The van der Waals surface area contributed by atoms with Gasteiger partial charge in [-0.3, -0.25) is 9.98 Å². The zero-order chi connectivity index (χ0) is 13.1. The van der Waals surface area contributed by atoms with Gasteiger partial charge in [0.2, 0.25) is 0 Å². The molecule has 0 aliphatic carbocycles. The Hall–Kier alpha value is -2.04. The molecular formula is C12H19N5. The molecule has 17 heavy (non-hydrogen) atoms. The third kappa shape index (κ3) is 5.55. The van der Waals surface area contributed by atoms with Gasteiger partial charge in [-0.2, -0.15) is 0 Å². The number of nitrogens with zero attached hydrogens (tertiary/aromatic N) is 5. The minimum absolute atomic E-state index is 0.735. The van der Waals surface area contributed by atoms with Crippen LogP contribution in [0.25, 0.3) is 0 Å². The van der Waals surface area contributed by atoms with Crippen molar-refractivity contribution in [3.8, 4) is 0 Å². The van der Waals surface area contributed by atoms with E-state index in [-0.39, 0.29) is 0 Å². The highest BCUT2D eigenvalue weighted by atomic mass is 15.2. The fourth-order valence-electron chi connectivity index (χ4n) is 1.08. The van der Waals surface area contributed by atoms with Gasteiger partial charge in [0.25, 0.3) is 0 Å². The second kappa shape index (κ2) is 9.21.